The van der Waals surface area contributed by atoms with Crippen LogP contribution in [-0.2, 0) is 11.2 Å². The van der Waals surface area contributed by atoms with Crippen molar-refractivity contribution in [2.75, 3.05) is 26.2 Å². The van der Waals surface area contributed by atoms with E-state index >= 15 is 0 Å². The average Bonchev–Trinajstić information content (AvgIpc) is 2.95. The molecule has 2 fully saturated rings. The molecule has 3 N–H and O–H groups in total. The number of aromatic nitrogens is 1. The number of hydrogen-bond donors (Lipinski definition) is 3. The second-order valence-electron chi connectivity index (χ2n) is 7.22. The van der Waals surface area contributed by atoms with E-state index in [1.54, 1.807) is 6.20 Å². The van der Waals surface area contributed by atoms with Crippen LogP contribution in [0.5, 0.6) is 0 Å². The number of carbonyl (C=O) groups is 2. The highest BCUT2D eigenvalue weighted by molar-refractivity contribution is 6.07. The molecule has 3 amide bonds. The molecule has 0 spiro atoms. The summed E-state index contributed by atoms with van der Waals surface area (Å²) in [5.41, 5.74) is 0.366. The van der Waals surface area contributed by atoms with Crippen molar-refractivity contribution in [1.82, 2.24) is 25.8 Å². The normalized spacial score (nSPS) is 23.9. The molecule has 0 radical (unpaired) electrons. The van der Waals surface area contributed by atoms with Crippen molar-refractivity contribution in [3.05, 3.63) is 30.1 Å². The van der Waals surface area contributed by atoms with E-state index < -0.39 is 11.6 Å². The van der Waals surface area contributed by atoms with E-state index in [0.717, 1.165) is 44.9 Å². The first kappa shape index (κ1) is 19.1. The molecule has 3 rings (SSSR count). The van der Waals surface area contributed by atoms with Crippen molar-refractivity contribution < 1.29 is 9.59 Å². The van der Waals surface area contributed by atoms with Crippen LogP contribution in [0.25, 0.3) is 0 Å². The van der Waals surface area contributed by atoms with Crippen LogP contribution in [0.1, 0.15) is 32.3 Å². The molecule has 1 aromatic heterocycles. The first-order valence-corrected chi connectivity index (χ1v) is 9.58. The lowest BCUT2D eigenvalue weighted by atomic mass is 9.79. The van der Waals surface area contributed by atoms with Gasteiger partial charge in [-0.25, -0.2) is 4.79 Å². The standard InChI is InChI=1S/C19H28N6O2/c1-3-21-17(22-10-6-14-5-4-9-20-13-14)25-11-7-15(8-12-25)19(2)16(26)23-18(27)24-19/h4-5,9,13,15H,3,6-8,10-12H2,1-2H3,(H,21,22)(H2,23,24,26,27). The molecular weight excluding hydrogens is 344 g/mol. The van der Waals surface area contributed by atoms with Gasteiger partial charge in [0.25, 0.3) is 5.91 Å². The molecule has 146 valence electrons. The number of imide groups is 1. The summed E-state index contributed by atoms with van der Waals surface area (Å²) < 4.78 is 0. The van der Waals surface area contributed by atoms with E-state index in [1.165, 1.54) is 5.56 Å². The van der Waals surface area contributed by atoms with Gasteiger partial charge < -0.3 is 15.5 Å². The number of urea groups is 1. The van der Waals surface area contributed by atoms with Crippen molar-refractivity contribution >= 4 is 17.9 Å². The Morgan fingerprint density at radius 2 is 2.19 bits per heavy atom. The topological polar surface area (TPSA) is 98.7 Å². The molecule has 1 aromatic rings. The largest absolute Gasteiger partial charge is 0.357 e. The fourth-order valence-corrected chi connectivity index (χ4v) is 3.78. The van der Waals surface area contributed by atoms with Gasteiger partial charge in [-0.3, -0.25) is 20.1 Å². The summed E-state index contributed by atoms with van der Waals surface area (Å²) in [6.07, 6.45) is 6.15. The number of aliphatic imine (C=N–C) groups is 1. The molecule has 0 saturated carbocycles. The highest BCUT2D eigenvalue weighted by Crippen LogP contribution is 2.30. The quantitative estimate of drug-likeness (QED) is 0.405. The third-order valence-electron chi connectivity index (χ3n) is 5.40. The number of rotatable bonds is 5. The van der Waals surface area contributed by atoms with Gasteiger partial charge in [-0.2, -0.15) is 0 Å². The molecule has 0 aliphatic carbocycles. The molecule has 2 aliphatic rings. The zero-order valence-corrected chi connectivity index (χ0v) is 16.0. The van der Waals surface area contributed by atoms with Gasteiger partial charge in [-0.1, -0.05) is 6.07 Å². The molecule has 8 nitrogen and oxygen atoms in total. The second-order valence-corrected chi connectivity index (χ2v) is 7.22. The monoisotopic (exact) mass is 372 g/mol. The Morgan fingerprint density at radius 1 is 1.41 bits per heavy atom. The van der Waals surface area contributed by atoms with E-state index in [-0.39, 0.29) is 11.8 Å². The average molecular weight is 372 g/mol. The zero-order chi connectivity index (χ0) is 19.3. The zero-order valence-electron chi connectivity index (χ0n) is 16.0. The number of nitrogens with zero attached hydrogens (tertiary/aromatic N) is 3. The maximum Gasteiger partial charge on any atom is 0.322 e. The van der Waals surface area contributed by atoms with Gasteiger partial charge >= 0.3 is 6.03 Å². The van der Waals surface area contributed by atoms with Crippen LogP contribution in [0, 0.1) is 5.92 Å². The maximum atomic E-state index is 12.2. The fourth-order valence-electron chi connectivity index (χ4n) is 3.78. The van der Waals surface area contributed by atoms with Gasteiger partial charge in [0.1, 0.15) is 5.54 Å². The molecule has 2 saturated heterocycles. The van der Waals surface area contributed by atoms with Crippen LogP contribution < -0.4 is 16.0 Å². The molecular formula is C19H28N6O2. The van der Waals surface area contributed by atoms with Gasteiger partial charge in [0.15, 0.2) is 5.96 Å². The lowest BCUT2D eigenvalue weighted by molar-refractivity contribution is -0.125. The minimum absolute atomic E-state index is 0.124. The minimum Gasteiger partial charge on any atom is -0.357 e. The van der Waals surface area contributed by atoms with Crippen LogP contribution in [0.2, 0.25) is 0 Å². The van der Waals surface area contributed by atoms with Crippen molar-refractivity contribution in [2.45, 2.75) is 38.6 Å². The number of guanidine groups is 1. The van der Waals surface area contributed by atoms with E-state index in [4.69, 9.17) is 4.99 Å². The Hall–Kier alpha value is -2.64. The summed E-state index contributed by atoms with van der Waals surface area (Å²) in [7, 11) is 0. The SMILES string of the molecule is CCNC(=NCCc1cccnc1)N1CCC(C2(C)NC(=O)NC2=O)CC1. The Labute approximate surface area is 159 Å². The highest BCUT2D eigenvalue weighted by atomic mass is 16.2. The first-order valence-electron chi connectivity index (χ1n) is 9.58. The predicted octanol–water partition coefficient (Wildman–Crippen LogP) is 0.900. The highest BCUT2D eigenvalue weighted by Gasteiger charge is 2.48. The van der Waals surface area contributed by atoms with Gasteiger partial charge in [0.05, 0.1) is 0 Å². The van der Waals surface area contributed by atoms with Crippen molar-refractivity contribution in [3.63, 3.8) is 0 Å². The molecule has 1 unspecified atom stereocenters. The van der Waals surface area contributed by atoms with Gasteiger partial charge in [-0.15, -0.1) is 0 Å². The van der Waals surface area contributed by atoms with Crippen LogP contribution >= 0.6 is 0 Å². The van der Waals surface area contributed by atoms with E-state index in [9.17, 15) is 9.59 Å². The number of likely N-dealkylation sites (tertiary alicyclic amines) is 1. The molecule has 27 heavy (non-hydrogen) atoms. The summed E-state index contributed by atoms with van der Waals surface area (Å²) in [6.45, 7) is 7.00. The molecule has 0 bridgehead atoms. The second kappa shape index (κ2) is 8.37. The third kappa shape index (κ3) is 4.37. The van der Waals surface area contributed by atoms with Gasteiger partial charge in [0.2, 0.25) is 0 Å². The van der Waals surface area contributed by atoms with Crippen molar-refractivity contribution in [2.24, 2.45) is 10.9 Å². The van der Waals surface area contributed by atoms with Crippen LogP contribution in [0.15, 0.2) is 29.5 Å². The van der Waals surface area contributed by atoms with Crippen LogP contribution in [0.4, 0.5) is 4.79 Å². The molecule has 2 aliphatic heterocycles. The van der Waals surface area contributed by atoms with Gasteiger partial charge in [-0.05, 0) is 50.7 Å². The van der Waals surface area contributed by atoms with Crippen molar-refractivity contribution in [3.8, 4) is 0 Å². The number of piperidine rings is 1. The van der Waals surface area contributed by atoms with Gasteiger partial charge in [0, 0.05) is 38.6 Å². The van der Waals surface area contributed by atoms with E-state index in [2.05, 4.69) is 38.8 Å². The lowest BCUT2D eigenvalue weighted by Gasteiger charge is -2.39. The molecule has 3 heterocycles. The minimum atomic E-state index is -0.807. The maximum absolute atomic E-state index is 12.2. The number of amides is 3. The number of pyridine rings is 1. The Balaban J connectivity index is 1.57. The smallest absolute Gasteiger partial charge is 0.322 e. The Bertz CT molecular complexity index is 699. The first-order chi connectivity index (χ1) is 13.0. The van der Waals surface area contributed by atoms with Crippen LogP contribution in [0.3, 0.4) is 0 Å². The molecule has 1 atom stereocenters. The molecule has 8 heteroatoms. The summed E-state index contributed by atoms with van der Waals surface area (Å²) in [5.74, 6) is 0.811. The molecule has 0 aromatic carbocycles. The number of nitrogens with one attached hydrogen (secondary N) is 3. The number of carbonyl (C=O) groups excluding carboxylic acids is 2. The Kier molecular flexibility index (Phi) is 5.93. The van der Waals surface area contributed by atoms with E-state index in [1.807, 2.05) is 19.2 Å². The van der Waals surface area contributed by atoms with Crippen LogP contribution in [-0.4, -0.2) is 59.5 Å². The summed E-state index contributed by atoms with van der Waals surface area (Å²) in [6, 6.07) is 3.60. The van der Waals surface area contributed by atoms with E-state index in [0.29, 0.717) is 6.54 Å². The van der Waals surface area contributed by atoms with Crippen molar-refractivity contribution in [1.29, 1.82) is 0 Å². The predicted molar refractivity (Wildman–Crippen MR) is 103 cm³/mol. The summed E-state index contributed by atoms with van der Waals surface area (Å²) >= 11 is 0. The lowest BCUT2D eigenvalue weighted by Crippen LogP contribution is -2.55. The summed E-state index contributed by atoms with van der Waals surface area (Å²) in [4.78, 5) is 34.8. The Morgan fingerprint density at radius 3 is 2.78 bits per heavy atom. The summed E-state index contributed by atoms with van der Waals surface area (Å²) in [5, 5.41) is 8.52. The fraction of sp³-hybridized carbons (Fsp3) is 0.579. The third-order valence-corrected chi connectivity index (χ3v) is 5.40. The number of hydrogen-bond acceptors (Lipinski definition) is 4.